The first-order chi connectivity index (χ1) is 8.22. The first-order valence-corrected chi connectivity index (χ1v) is 5.81. The largest absolute Gasteiger partial charge is 0.385 e. The van der Waals surface area contributed by atoms with Gasteiger partial charge in [-0.05, 0) is 25.0 Å². The summed E-state index contributed by atoms with van der Waals surface area (Å²) < 4.78 is 0. The van der Waals surface area contributed by atoms with Gasteiger partial charge in [0.2, 0.25) is 5.91 Å². The Hall–Kier alpha value is -1.95. The molecule has 17 heavy (non-hydrogen) atoms. The van der Waals surface area contributed by atoms with Crippen LogP contribution in [0.1, 0.15) is 24.8 Å². The predicted molar refractivity (Wildman–Crippen MR) is 68.7 cm³/mol. The van der Waals surface area contributed by atoms with Crippen molar-refractivity contribution < 1.29 is 4.79 Å². The zero-order chi connectivity index (χ0) is 12.3. The molecule has 2 N–H and O–H groups in total. The van der Waals surface area contributed by atoms with Crippen molar-refractivity contribution in [3.63, 3.8) is 0 Å². The fraction of sp³-hybridized carbons (Fsp3) is 0.357. The molecule has 1 aliphatic heterocycles. The van der Waals surface area contributed by atoms with Crippen molar-refractivity contribution in [3.05, 3.63) is 29.8 Å². The van der Waals surface area contributed by atoms with Crippen molar-refractivity contribution in [2.75, 3.05) is 11.9 Å². The number of hydrogen-bond donors (Lipinski definition) is 2. The molecule has 0 saturated heterocycles. The molecule has 0 saturated carbocycles. The van der Waals surface area contributed by atoms with Crippen molar-refractivity contribution in [1.82, 2.24) is 5.32 Å². The van der Waals surface area contributed by atoms with Crippen molar-refractivity contribution >= 4 is 11.6 Å². The van der Waals surface area contributed by atoms with Crippen molar-refractivity contribution in [2.24, 2.45) is 0 Å². The highest BCUT2D eigenvalue weighted by Crippen LogP contribution is 2.31. The zero-order valence-corrected chi connectivity index (χ0v) is 9.86. The molecule has 0 aliphatic carbocycles. The van der Waals surface area contributed by atoms with Gasteiger partial charge >= 0.3 is 0 Å². The van der Waals surface area contributed by atoms with Crippen LogP contribution >= 0.6 is 0 Å². The Labute approximate surface area is 102 Å². The minimum atomic E-state index is -0.218. The van der Waals surface area contributed by atoms with Crippen LogP contribution < -0.4 is 10.6 Å². The van der Waals surface area contributed by atoms with E-state index in [1.807, 2.05) is 31.2 Å². The average molecular weight is 228 g/mol. The SMILES string of the molecule is C#CC(C)NC(=O)C1CCNc2ccccc21. The molecular formula is C14H16N2O. The van der Waals surface area contributed by atoms with Crippen LogP contribution in [0.15, 0.2) is 24.3 Å². The first-order valence-electron chi connectivity index (χ1n) is 5.81. The van der Waals surface area contributed by atoms with E-state index in [0.717, 1.165) is 24.2 Å². The molecule has 3 nitrogen and oxygen atoms in total. The van der Waals surface area contributed by atoms with Gasteiger partial charge in [-0.25, -0.2) is 0 Å². The summed E-state index contributed by atoms with van der Waals surface area (Å²) in [6, 6.07) is 7.70. The van der Waals surface area contributed by atoms with Crippen LogP contribution in [0, 0.1) is 12.3 Å². The van der Waals surface area contributed by atoms with Gasteiger partial charge in [-0.2, -0.15) is 0 Å². The number of rotatable bonds is 2. The number of terminal acetylenes is 1. The van der Waals surface area contributed by atoms with Crippen molar-refractivity contribution in [2.45, 2.75) is 25.3 Å². The van der Waals surface area contributed by atoms with Crippen LogP contribution in [-0.4, -0.2) is 18.5 Å². The quantitative estimate of drug-likeness (QED) is 0.757. The number of hydrogen-bond acceptors (Lipinski definition) is 2. The maximum atomic E-state index is 12.1. The standard InChI is InChI=1S/C14H16N2O/c1-3-10(2)16-14(17)12-8-9-15-13-7-5-4-6-11(12)13/h1,4-7,10,12,15H,8-9H2,2H3,(H,16,17). The van der Waals surface area contributed by atoms with Gasteiger partial charge in [0.15, 0.2) is 0 Å². The fourth-order valence-electron chi connectivity index (χ4n) is 2.10. The summed E-state index contributed by atoms with van der Waals surface area (Å²) in [7, 11) is 0. The van der Waals surface area contributed by atoms with Crippen molar-refractivity contribution in [3.8, 4) is 12.3 Å². The van der Waals surface area contributed by atoms with Gasteiger partial charge in [-0.1, -0.05) is 24.1 Å². The van der Waals surface area contributed by atoms with Gasteiger partial charge in [0.1, 0.15) is 0 Å². The lowest BCUT2D eigenvalue weighted by atomic mass is 9.90. The number of benzene rings is 1. The van der Waals surface area contributed by atoms with E-state index >= 15 is 0 Å². The van der Waals surface area contributed by atoms with E-state index in [9.17, 15) is 4.79 Å². The summed E-state index contributed by atoms with van der Waals surface area (Å²) in [5.41, 5.74) is 2.10. The molecule has 2 atom stereocenters. The van der Waals surface area contributed by atoms with Gasteiger partial charge < -0.3 is 10.6 Å². The topological polar surface area (TPSA) is 41.1 Å². The highest BCUT2D eigenvalue weighted by atomic mass is 16.1. The molecule has 2 rings (SSSR count). The van der Waals surface area contributed by atoms with E-state index in [4.69, 9.17) is 6.42 Å². The van der Waals surface area contributed by atoms with Crippen LogP contribution in [0.2, 0.25) is 0 Å². The second kappa shape index (κ2) is 4.92. The lowest BCUT2D eigenvalue weighted by molar-refractivity contribution is -0.123. The first kappa shape index (κ1) is 11.5. The molecule has 0 spiro atoms. The number of nitrogens with one attached hydrogen (secondary N) is 2. The van der Waals surface area contributed by atoms with E-state index < -0.39 is 0 Å². The molecule has 3 heteroatoms. The molecule has 0 fully saturated rings. The minimum absolute atomic E-state index is 0.0180. The van der Waals surface area contributed by atoms with Crippen LogP contribution in [-0.2, 0) is 4.79 Å². The molecule has 2 unspecified atom stereocenters. The van der Waals surface area contributed by atoms with Gasteiger partial charge in [-0.15, -0.1) is 6.42 Å². The number of carbonyl (C=O) groups is 1. The van der Waals surface area contributed by atoms with Gasteiger partial charge in [-0.3, -0.25) is 4.79 Å². The highest BCUT2D eigenvalue weighted by molar-refractivity contribution is 5.86. The second-order valence-electron chi connectivity index (χ2n) is 4.25. The number of anilines is 1. The smallest absolute Gasteiger partial charge is 0.228 e. The van der Waals surface area contributed by atoms with E-state index in [1.165, 1.54) is 0 Å². The van der Waals surface area contributed by atoms with E-state index in [1.54, 1.807) is 0 Å². The second-order valence-corrected chi connectivity index (χ2v) is 4.25. The maximum absolute atomic E-state index is 12.1. The van der Waals surface area contributed by atoms with E-state index in [-0.39, 0.29) is 17.9 Å². The molecule has 1 heterocycles. The Balaban J connectivity index is 2.19. The Bertz CT molecular complexity index is 462. The number of fused-ring (bicyclic) bond motifs is 1. The Morgan fingerprint density at radius 1 is 1.59 bits per heavy atom. The molecule has 1 aliphatic rings. The third-order valence-electron chi connectivity index (χ3n) is 3.01. The zero-order valence-electron chi connectivity index (χ0n) is 9.86. The highest BCUT2D eigenvalue weighted by Gasteiger charge is 2.26. The number of carbonyl (C=O) groups excluding carboxylic acids is 1. The summed E-state index contributed by atoms with van der Waals surface area (Å²) >= 11 is 0. The molecular weight excluding hydrogens is 212 g/mol. The van der Waals surface area contributed by atoms with Gasteiger partial charge in [0.05, 0.1) is 12.0 Å². The van der Waals surface area contributed by atoms with E-state index in [2.05, 4.69) is 16.6 Å². The maximum Gasteiger partial charge on any atom is 0.228 e. The minimum Gasteiger partial charge on any atom is -0.385 e. The van der Waals surface area contributed by atoms with Crippen LogP contribution in [0.25, 0.3) is 0 Å². The van der Waals surface area contributed by atoms with Crippen LogP contribution in [0.5, 0.6) is 0 Å². The number of para-hydroxylation sites is 1. The fourth-order valence-corrected chi connectivity index (χ4v) is 2.10. The van der Waals surface area contributed by atoms with Crippen molar-refractivity contribution in [1.29, 1.82) is 0 Å². The average Bonchev–Trinajstić information content (AvgIpc) is 2.37. The Morgan fingerprint density at radius 2 is 2.35 bits per heavy atom. The number of amides is 1. The monoisotopic (exact) mass is 228 g/mol. The van der Waals surface area contributed by atoms with E-state index in [0.29, 0.717) is 0 Å². The van der Waals surface area contributed by atoms with Gasteiger partial charge in [0.25, 0.3) is 0 Å². The van der Waals surface area contributed by atoms with Gasteiger partial charge in [0, 0.05) is 12.2 Å². The molecule has 1 aromatic carbocycles. The lowest BCUT2D eigenvalue weighted by Crippen LogP contribution is -2.37. The molecule has 88 valence electrons. The summed E-state index contributed by atoms with van der Waals surface area (Å²) in [5.74, 6) is 2.44. The molecule has 0 radical (unpaired) electrons. The molecule has 1 amide bonds. The summed E-state index contributed by atoms with van der Waals surface area (Å²) in [4.78, 5) is 12.1. The molecule has 1 aromatic rings. The Morgan fingerprint density at radius 3 is 3.12 bits per heavy atom. The normalized spacial score (nSPS) is 19.4. The molecule has 0 bridgehead atoms. The predicted octanol–water partition coefficient (Wildman–Crippen LogP) is 1.72. The summed E-state index contributed by atoms with van der Waals surface area (Å²) in [5, 5.41) is 6.13. The van der Waals surface area contributed by atoms with Crippen LogP contribution in [0.3, 0.4) is 0 Å². The van der Waals surface area contributed by atoms with Crippen LogP contribution in [0.4, 0.5) is 5.69 Å². The lowest BCUT2D eigenvalue weighted by Gasteiger charge is -2.26. The summed E-state index contributed by atoms with van der Waals surface area (Å²) in [6.07, 6.45) is 6.07. The summed E-state index contributed by atoms with van der Waals surface area (Å²) in [6.45, 7) is 2.63. The third kappa shape index (κ3) is 2.42. The Kier molecular flexibility index (Phi) is 3.34. The third-order valence-corrected chi connectivity index (χ3v) is 3.01. The molecule has 0 aromatic heterocycles.